The van der Waals surface area contributed by atoms with E-state index in [0.717, 1.165) is 25.9 Å². The Morgan fingerprint density at radius 1 is 1.13 bits per heavy atom. The van der Waals surface area contributed by atoms with Gasteiger partial charge in [0.25, 0.3) is 0 Å². The van der Waals surface area contributed by atoms with Crippen molar-refractivity contribution in [1.29, 1.82) is 5.26 Å². The summed E-state index contributed by atoms with van der Waals surface area (Å²) < 4.78 is 25.8. The Hall–Kier alpha value is 0.580. The number of rotatable bonds is 5. The first kappa shape index (κ1) is 20.9. The van der Waals surface area contributed by atoms with E-state index < -0.39 is 10.1 Å². The van der Waals surface area contributed by atoms with Gasteiger partial charge in [0.2, 0.25) is 5.40 Å². The molecule has 0 aliphatic rings. The van der Waals surface area contributed by atoms with Crippen LogP contribution in [0.1, 0.15) is 28.5 Å². The van der Waals surface area contributed by atoms with Gasteiger partial charge >= 0.3 is 47.9 Å². The molecular formula is C7H19CaN3O3S. The van der Waals surface area contributed by atoms with Crippen LogP contribution < -0.4 is 11.5 Å². The maximum atomic E-state index is 9.19. The van der Waals surface area contributed by atoms with Crippen LogP contribution in [0.2, 0.25) is 0 Å². The molecule has 0 aliphatic heterocycles. The van der Waals surface area contributed by atoms with Crippen LogP contribution in [0, 0.1) is 10.7 Å². The third-order valence-corrected chi connectivity index (χ3v) is 1.50. The zero-order valence-electron chi connectivity index (χ0n) is 10.7. The maximum Gasteiger partial charge on any atom is 2.00 e. The fraction of sp³-hybridized carbons (Fsp3) is 0.857. The molecule has 0 bridgehead atoms. The topological polar surface area (TPSA) is 130 Å². The van der Waals surface area contributed by atoms with E-state index in [1.165, 1.54) is 12.8 Å². The van der Waals surface area contributed by atoms with Gasteiger partial charge in [-0.15, -0.1) is 0 Å². The SMILES string of the molecule is N#CS(=O)(=O)O.NCCCCCCN.[Ca+2].[H-].[H-]. The standard InChI is InChI=1S/C6H16N2.CHNO3S.Ca.2H/c7-5-3-1-2-4-6-8;2-1-6(3,4)5;;;/h1-8H2;(H,3,4,5);;;/q;;+2;2*-1. The summed E-state index contributed by atoms with van der Waals surface area (Å²) in [4.78, 5) is 0. The molecule has 0 saturated heterocycles. The Morgan fingerprint density at radius 3 is 1.53 bits per heavy atom. The average molecular weight is 265 g/mol. The van der Waals surface area contributed by atoms with Crippen LogP contribution in [0.25, 0.3) is 0 Å². The molecule has 0 aromatic rings. The minimum Gasteiger partial charge on any atom is -1.00 e. The monoisotopic (exact) mass is 265 g/mol. The van der Waals surface area contributed by atoms with Crippen molar-refractivity contribution in [3.63, 3.8) is 0 Å². The molecule has 0 aromatic heterocycles. The molecule has 0 radical (unpaired) electrons. The first-order valence-corrected chi connectivity index (χ1v) is 5.70. The number of hydrogen-bond donors (Lipinski definition) is 3. The molecule has 0 unspecified atom stereocenters. The van der Waals surface area contributed by atoms with Gasteiger partial charge in [0.15, 0.2) is 0 Å². The Bertz CT molecular complexity index is 254. The zero-order valence-corrected chi connectivity index (χ0v) is 11.7. The minimum atomic E-state index is -4.36. The summed E-state index contributed by atoms with van der Waals surface area (Å²) in [5.74, 6) is 0. The van der Waals surface area contributed by atoms with Crippen LogP contribution in [0.4, 0.5) is 0 Å². The molecule has 0 aliphatic carbocycles. The van der Waals surface area contributed by atoms with E-state index in [4.69, 9.17) is 21.3 Å². The number of hydrogen-bond acceptors (Lipinski definition) is 5. The van der Waals surface area contributed by atoms with Gasteiger partial charge in [-0.2, -0.15) is 13.7 Å². The molecule has 0 spiro atoms. The number of unbranched alkanes of at least 4 members (excludes halogenated alkanes) is 3. The van der Waals surface area contributed by atoms with Gasteiger partial charge in [0.05, 0.1) is 0 Å². The molecule has 0 fully saturated rings. The van der Waals surface area contributed by atoms with E-state index in [-0.39, 0.29) is 40.6 Å². The van der Waals surface area contributed by atoms with Crippen molar-refractivity contribution in [3.8, 4) is 5.40 Å². The number of nitriles is 1. The smallest absolute Gasteiger partial charge is 1.00 e. The molecule has 0 heterocycles. The Balaban J connectivity index is -0.0000000493. The molecule has 0 rings (SSSR count). The van der Waals surface area contributed by atoms with Crippen LogP contribution >= 0.6 is 0 Å². The molecular weight excluding hydrogens is 246 g/mol. The second-order valence-electron chi connectivity index (χ2n) is 2.56. The zero-order chi connectivity index (χ0) is 11.4. The maximum absolute atomic E-state index is 9.19. The third kappa shape index (κ3) is 31.3. The summed E-state index contributed by atoms with van der Waals surface area (Å²) in [6.07, 6.45) is 4.79. The molecule has 0 saturated carbocycles. The molecule has 0 amide bonds. The first-order chi connectivity index (χ1) is 6.47. The average Bonchev–Trinajstić information content (AvgIpc) is 2.13. The van der Waals surface area contributed by atoms with Crippen LogP contribution in [-0.4, -0.2) is 63.8 Å². The second-order valence-corrected chi connectivity index (χ2v) is 3.69. The van der Waals surface area contributed by atoms with E-state index in [0.29, 0.717) is 5.40 Å². The molecule has 88 valence electrons. The Kier molecular flexibility index (Phi) is 20.3. The predicted octanol–water partition coefficient (Wildman–Crippen LogP) is -0.336. The minimum absolute atomic E-state index is 0. The van der Waals surface area contributed by atoms with Gasteiger partial charge in [-0.25, -0.2) is 0 Å². The second kappa shape index (κ2) is 14.6. The number of nitrogens with two attached hydrogens (primary N) is 2. The van der Waals surface area contributed by atoms with Gasteiger partial charge in [-0.3, -0.25) is 4.55 Å². The van der Waals surface area contributed by atoms with E-state index >= 15 is 0 Å². The third-order valence-electron chi connectivity index (χ3n) is 1.27. The molecule has 5 N–H and O–H groups in total. The predicted molar refractivity (Wildman–Crippen MR) is 61.7 cm³/mol. The summed E-state index contributed by atoms with van der Waals surface area (Å²) >= 11 is 0. The summed E-state index contributed by atoms with van der Waals surface area (Å²) in [7, 11) is -4.36. The van der Waals surface area contributed by atoms with Gasteiger partial charge < -0.3 is 14.3 Å². The van der Waals surface area contributed by atoms with E-state index in [1.807, 2.05) is 0 Å². The summed E-state index contributed by atoms with van der Waals surface area (Å²) in [6.45, 7) is 1.65. The largest absolute Gasteiger partial charge is 2.00 e. The molecule has 8 heteroatoms. The van der Waals surface area contributed by atoms with Crippen molar-refractivity contribution < 1.29 is 15.8 Å². The Labute approximate surface area is 124 Å². The van der Waals surface area contributed by atoms with Crippen molar-refractivity contribution in [3.05, 3.63) is 0 Å². The molecule has 6 nitrogen and oxygen atoms in total. The number of nitrogens with zero attached hydrogens (tertiary/aromatic N) is 1. The van der Waals surface area contributed by atoms with Crippen molar-refractivity contribution in [2.45, 2.75) is 25.7 Å². The van der Waals surface area contributed by atoms with Crippen LogP contribution in [0.15, 0.2) is 0 Å². The molecule has 15 heavy (non-hydrogen) atoms. The van der Waals surface area contributed by atoms with Gasteiger partial charge in [0.1, 0.15) is 0 Å². The fourth-order valence-electron chi connectivity index (χ4n) is 0.642. The van der Waals surface area contributed by atoms with Crippen molar-refractivity contribution in [2.24, 2.45) is 11.5 Å². The summed E-state index contributed by atoms with van der Waals surface area (Å²) in [5.41, 5.74) is 10.6. The van der Waals surface area contributed by atoms with Crippen molar-refractivity contribution in [2.75, 3.05) is 13.1 Å². The van der Waals surface area contributed by atoms with Crippen LogP contribution in [-0.2, 0) is 10.1 Å². The van der Waals surface area contributed by atoms with Gasteiger partial charge in [-0.05, 0) is 25.9 Å². The van der Waals surface area contributed by atoms with Crippen LogP contribution in [0.5, 0.6) is 0 Å². The summed E-state index contributed by atoms with van der Waals surface area (Å²) in [6, 6.07) is 0. The number of thiocyanates is 1. The fourth-order valence-corrected chi connectivity index (χ4v) is 0.642. The van der Waals surface area contributed by atoms with Crippen molar-refractivity contribution >= 4 is 47.9 Å². The van der Waals surface area contributed by atoms with E-state index in [2.05, 4.69) is 0 Å². The normalized spacial score (nSPS) is 9.20. The van der Waals surface area contributed by atoms with E-state index in [1.54, 1.807) is 0 Å². The molecule has 0 atom stereocenters. The Morgan fingerprint density at radius 2 is 1.40 bits per heavy atom. The molecule has 0 aromatic carbocycles. The first-order valence-electron chi connectivity index (χ1n) is 4.26. The quantitative estimate of drug-likeness (QED) is 0.205. The van der Waals surface area contributed by atoms with Gasteiger partial charge in [-0.1, -0.05) is 12.8 Å². The van der Waals surface area contributed by atoms with Crippen LogP contribution in [0.3, 0.4) is 0 Å². The van der Waals surface area contributed by atoms with Gasteiger partial charge in [0, 0.05) is 0 Å². The van der Waals surface area contributed by atoms with E-state index in [9.17, 15) is 8.42 Å². The summed E-state index contributed by atoms with van der Waals surface area (Å²) in [5, 5.41) is 7.95. The van der Waals surface area contributed by atoms with Crippen molar-refractivity contribution in [1.82, 2.24) is 0 Å².